The Morgan fingerprint density at radius 2 is 1.25 bits per heavy atom. The van der Waals surface area contributed by atoms with Gasteiger partial charge in [-0.3, -0.25) is 0 Å². The van der Waals surface area contributed by atoms with Gasteiger partial charge in [-0.1, -0.05) is 115 Å². The van der Waals surface area contributed by atoms with Crippen LogP contribution >= 0.6 is 0 Å². The van der Waals surface area contributed by atoms with Gasteiger partial charge in [0.15, 0.2) is 0 Å². The van der Waals surface area contributed by atoms with Crippen LogP contribution in [-0.4, -0.2) is 10.2 Å². The standard InChI is InChI=1S/C44H28O4/c45-41-37-27(19-21-31-29-15-7-9-17-35(29)47-43(31)37)23-33(25-11-3-1-4-12-25)39(41)40-34(26-13-5-2-6-14-26)24-28-20-22-32-30-16-8-10-18-36(30)48-44(32)38(28)42(40)46/h1-24,31,43,45-46H. The van der Waals surface area contributed by atoms with Crippen molar-refractivity contribution in [3.8, 4) is 50.6 Å². The molecular weight excluding hydrogens is 592 g/mol. The van der Waals surface area contributed by atoms with E-state index in [0.29, 0.717) is 27.7 Å². The van der Waals surface area contributed by atoms with E-state index in [2.05, 4.69) is 36.4 Å². The lowest BCUT2D eigenvalue weighted by molar-refractivity contribution is 0.218. The summed E-state index contributed by atoms with van der Waals surface area (Å²) in [6.07, 6.45) is 3.86. The van der Waals surface area contributed by atoms with E-state index >= 15 is 0 Å². The molecule has 1 aliphatic heterocycles. The molecule has 0 fully saturated rings. The van der Waals surface area contributed by atoms with Crippen molar-refractivity contribution in [2.75, 3.05) is 0 Å². The largest absolute Gasteiger partial charge is 0.507 e. The Morgan fingerprint density at radius 3 is 2.04 bits per heavy atom. The van der Waals surface area contributed by atoms with Crippen molar-refractivity contribution in [1.82, 2.24) is 0 Å². The molecule has 2 atom stereocenters. The summed E-state index contributed by atoms with van der Waals surface area (Å²) in [4.78, 5) is 0. The van der Waals surface area contributed by atoms with Gasteiger partial charge in [0.2, 0.25) is 0 Å². The van der Waals surface area contributed by atoms with Gasteiger partial charge in [-0.2, -0.15) is 0 Å². The molecule has 48 heavy (non-hydrogen) atoms. The molecule has 0 amide bonds. The molecule has 0 saturated carbocycles. The van der Waals surface area contributed by atoms with Crippen LogP contribution in [0, 0.1) is 0 Å². The Hall–Kier alpha value is -6.26. The predicted molar refractivity (Wildman–Crippen MR) is 192 cm³/mol. The Bertz CT molecular complexity index is 2610. The van der Waals surface area contributed by atoms with Crippen molar-refractivity contribution in [2.24, 2.45) is 0 Å². The van der Waals surface area contributed by atoms with Gasteiger partial charge in [0.1, 0.15) is 34.5 Å². The molecule has 1 aromatic heterocycles. The van der Waals surface area contributed by atoms with Crippen molar-refractivity contribution in [1.29, 1.82) is 0 Å². The van der Waals surface area contributed by atoms with Gasteiger partial charge in [-0.25, -0.2) is 0 Å². The first-order chi connectivity index (χ1) is 23.7. The lowest BCUT2D eigenvalue weighted by Gasteiger charge is -2.28. The molecule has 2 N–H and O–H groups in total. The number of phenols is 2. The third-order valence-corrected chi connectivity index (χ3v) is 10.0. The van der Waals surface area contributed by atoms with Gasteiger partial charge in [-0.05, 0) is 63.5 Å². The van der Waals surface area contributed by atoms with E-state index in [-0.39, 0.29) is 17.4 Å². The number of rotatable bonds is 3. The first-order valence-electron chi connectivity index (χ1n) is 16.2. The monoisotopic (exact) mass is 620 g/mol. The topological polar surface area (TPSA) is 62.8 Å². The van der Waals surface area contributed by atoms with Gasteiger partial charge in [0.25, 0.3) is 0 Å². The number of hydrogen-bond donors (Lipinski definition) is 2. The number of benzene rings is 7. The maximum Gasteiger partial charge on any atom is 0.146 e. The fraction of sp³-hybridized carbons (Fsp3) is 0.0455. The molecule has 0 spiro atoms. The summed E-state index contributed by atoms with van der Waals surface area (Å²) in [7, 11) is 0. The molecule has 10 rings (SSSR count). The molecule has 7 aromatic carbocycles. The lowest BCUT2D eigenvalue weighted by atomic mass is 9.78. The first kappa shape index (κ1) is 26.9. The smallest absolute Gasteiger partial charge is 0.146 e. The molecule has 2 heterocycles. The van der Waals surface area contributed by atoms with Crippen LogP contribution in [0.1, 0.15) is 28.7 Å². The molecule has 0 bridgehead atoms. The highest BCUT2D eigenvalue weighted by Gasteiger charge is 2.40. The van der Waals surface area contributed by atoms with Crippen LogP contribution in [0.2, 0.25) is 0 Å². The summed E-state index contributed by atoms with van der Waals surface area (Å²) >= 11 is 0. The summed E-state index contributed by atoms with van der Waals surface area (Å²) in [5, 5.41) is 28.7. The lowest BCUT2D eigenvalue weighted by Crippen LogP contribution is -2.14. The zero-order valence-corrected chi connectivity index (χ0v) is 25.7. The summed E-state index contributed by atoms with van der Waals surface area (Å²) in [5.74, 6) is 0.942. The highest BCUT2D eigenvalue weighted by molar-refractivity contribution is 6.20. The van der Waals surface area contributed by atoms with Crippen LogP contribution in [0.3, 0.4) is 0 Å². The van der Waals surface area contributed by atoms with Crippen molar-refractivity contribution in [3.63, 3.8) is 0 Å². The number of hydrogen-bond acceptors (Lipinski definition) is 4. The molecule has 2 aliphatic rings. The quantitative estimate of drug-likeness (QED) is 0.206. The Morgan fingerprint density at radius 1 is 0.583 bits per heavy atom. The molecule has 0 saturated heterocycles. The van der Waals surface area contributed by atoms with E-state index in [4.69, 9.17) is 9.15 Å². The molecule has 0 radical (unpaired) electrons. The van der Waals surface area contributed by atoms with E-state index < -0.39 is 6.10 Å². The predicted octanol–water partition coefficient (Wildman–Crippen LogP) is 11.4. The third-order valence-electron chi connectivity index (χ3n) is 10.0. The highest BCUT2D eigenvalue weighted by Crippen LogP contribution is 2.58. The fourth-order valence-corrected chi connectivity index (χ4v) is 7.87. The number of fused-ring (bicyclic) bond motifs is 10. The zero-order chi connectivity index (χ0) is 31.9. The van der Waals surface area contributed by atoms with Crippen molar-refractivity contribution < 1.29 is 19.4 Å². The van der Waals surface area contributed by atoms with E-state index in [9.17, 15) is 10.2 Å². The maximum absolute atomic E-state index is 12.7. The van der Waals surface area contributed by atoms with E-state index in [1.165, 1.54) is 0 Å². The van der Waals surface area contributed by atoms with Crippen LogP contribution in [0.4, 0.5) is 0 Å². The second-order valence-corrected chi connectivity index (χ2v) is 12.6. The zero-order valence-electron chi connectivity index (χ0n) is 25.7. The number of aromatic hydroxyl groups is 2. The fourth-order valence-electron chi connectivity index (χ4n) is 7.87. The molecule has 228 valence electrons. The summed E-state index contributed by atoms with van der Waals surface area (Å²) < 4.78 is 13.0. The van der Waals surface area contributed by atoms with Crippen molar-refractivity contribution >= 4 is 38.8 Å². The molecule has 4 heteroatoms. The Kier molecular flexibility index (Phi) is 5.67. The van der Waals surface area contributed by atoms with Gasteiger partial charge in [0, 0.05) is 38.9 Å². The number of furan rings is 1. The molecule has 2 unspecified atom stereocenters. The van der Waals surface area contributed by atoms with Crippen molar-refractivity contribution in [3.05, 3.63) is 156 Å². The molecule has 4 nitrogen and oxygen atoms in total. The minimum Gasteiger partial charge on any atom is -0.507 e. The average Bonchev–Trinajstić information content (AvgIpc) is 3.71. The highest BCUT2D eigenvalue weighted by atomic mass is 16.5. The minimum absolute atomic E-state index is 0.0380. The van der Waals surface area contributed by atoms with E-state index in [1.807, 2.05) is 109 Å². The van der Waals surface area contributed by atoms with Gasteiger partial charge >= 0.3 is 0 Å². The second-order valence-electron chi connectivity index (χ2n) is 12.6. The van der Waals surface area contributed by atoms with E-state index in [1.54, 1.807) is 0 Å². The van der Waals surface area contributed by atoms with Gasteiger partial charge in [-0.15, -0.1) is 0 Å². The van der Waals surface area contributed by atoms with Crippen LogP contribution in [-0.2, 0) is 0 Å². The number of para-hydroxylation sites is 2. The third kappa shape index (κ3) is 3.77. The summed E-state index contributed by atoms with van der Waals surface area (Å²) in [5.41, 5.74) is 8.65. The van der Waals surface area contributed by atoms with Crippen LogP contribution in [0.25, 0.3) is 72.2 Å². The summed E-state index contributed by atoms with van der Waals surface area (Å²) in [6, 6.07) is 44.4. The summed E-state index contributed by atoms with van der Waals surface area (Å²) in [6.45, 7) is 0. The Balaban J connectivity index is 1.34. The first-order valence-corrected chi connectivity index (χ1v) is 16.2. The molecule has 8 aromatic rings. The van der Waals surface area contributed by atoms with Crippen LogP contribution < -0.4 is 4.74 Å². The Labute approximate surface area is 276 Å². The SMILES string of the molecule is Oc1c(-c2c(-c3ccccc3)cc3ccc4c5ccccc5oc4c3c2O)c(-c2ccccc2)cc2c1C1Oc3ccccc3C1C=C2. The van der Waals surface area contributed by atoms with Crippen molar-refractivity contribution in [2.45, 2.75) is 12.0 Å². The van der Waals surface area contributed by atoms with Crippen LogP contribution in [0.5, 0.6) is 17.2 Å². The maximum atomic E-state index is 12.7. The minimum atomic E-state index is -0.407. The second kappa shape index (κ2) is 10.1. The molecule has 1 aliphatic carbocycles. The van der Waals surface area contributed by atoms with Crippen LogP contribution in [0.15, 0.2) is 144 Å². The van der Waals surface area contributed by atoms with Gasteiger partial charge in [0.05, 0.1) is 5.39 Å². The van der Waals surface area contributed by atoms with Gasteiger partial charge < -0.3 is 19.4 Å². The number of phenolic OH excluding ortho intramolecular Hbond substituents is 2. The number of ether oxygens (including phenoxy) is 1. The normalized spacial score (nSPS) is 16.2. The molecular formula is C44H28O4. The average molecular weight is 621 g/mol. The van der Waals surface area contributed by atoms with E-state index in [0.717, 1.165) is 60.9 Å².